The van der Waals surface area contributed by atoms with Gasteiger partial charge in [-0.3, -0.25) is 0 Å². The average Bonchev–Trinajstić information content (AvgIpc) is 2.17. The molecule has 0 atom stereocenters. The van der Waals surface area contributed by atoms with Crippen LogP contribution >= 0.6 is 0 Å². The van der Waals surface area contributed by atoms with E-state index in [2.05, 4.69) is 6.58 Å². The molecule has 0 aliphatic heterocycles. The van der Waals surface area contributed by atoms with Crippen LogP contribution in [0.5, 0.6) is 0 Å². The molecular formula is C9H19O3Ti. The molecule has 0 aliphatic rings. The first-order valence-corrected chi connectivity index (χ1v) is 6.85. The molecule has 0 saturated heterocycles. The second-order valence-electron chi connectivity index (χ2n) is 2.60. The first-order valence-electron chi connectivity index (χ1n) is 4.47. The normalized spacial score (nSPS) is 10.0. The Morgan fingerprint density at radius 3 is 2.46 bits per heavy atom. The number of ether oxygens (including phenoxy) is 1. The van der Waals surface area contributed by atoms with Crippen LogP contribution in [0.4, 0.5) is 0 Å². The molecule has 0 saturated carbocycles. The van der Waals surface area contributed by atoms with Crippen molar-refractivity contribution in [2.75, 3.05) is 27.4 Å². The van der Waals surface area contributed by atoms with E-state index in [-0.39, 0.29) is 0 Å². The van der Waals surface area contributed by atoms with Gasteiger partial charge in [-0.25, -0.2) is 0 Å². The molecule has 0 aromatic heterocycles. The van der Waals surface area contributed by atoms with Gasteiger partial charge in [0.15, 0.2) is 0 Å². The summed E-state index contributed by atoms with van der Waals surface area (Å²) in [5.41, 5.74) is 0. The Morgan fingerprint density at radius 1 is 1.23 bits per heavy atom. The molecule has 0 aromatic rings. The van der Waals surface area contributed by atoms with Crippen LogP contribution in [0.25, 0.3) is 0 Å². The third kappa shape index (κ3) is 8.66. The Bertz CT molecular complexity index is 115. The zero-order chi connectivity index (χ0) is 9.94. The van der Waals surface area contributed by atoms with Crippen LogP contribution in [-0.2, 0) is 30.0 Å². The topological polar surface area (TPSA) is 27.7 Å². The Balaban J connectivity index is 3.09. The number of rotatable bonds is 9. The van der Waals surface area contributed by atoms with Crippen molar-refractivity contribution in [3.05, 3.63) is 12.7 Å². The molecule has 4 heteroatoms. The average molecular weight is 223 g/mol. The van der Waals surface area contributed by atoms with E-state index < -0.39 is 18.6 Å². The van der Waals surface area contributed by atoms with Crippen LogP contribution in [0, 0.1) is 0 Å². The van der Waals surface area contributed by atoms with Gasteiger partial charge >= 0.3 is 87.7 Å². The van der Waals surface area contributed by atoms with Gasteiger partial charge < -0.3 is 0 Å². The van der Waals surface area contributed by atoms with Crippen LogP contribution in [0.15, 0.2) is 12.7 Å². The van der Waals surface area contributed by atoms with Crippen LogP contribution < -0.4 is 0 Å². The fraction of sp³-hybridized carbons (Fsp3) is 0.778. The Hall–Kier alpha value is 0.334. The van der Waals surface area contributed by atoms with Gasteiger partial charge in [-0.1, -0.05) is 0 Å². The van der Waals surface area contributed by atoms with Gasteiger partial charge in [0.1, 0.15) is 0 Å². The molecule has 0 unspecified atom stereocenters. The zero-order valence-corrected chi connectivity index (χ0v) is 10.1. The van der Waals surface area contributed by atoms with E-state index in [4.69, 9.17) is 11.4 Å². The zero-order valence-electron chi connectivity index (χ0n) is 8.54. The van der Waals surface area contributed by atoms with Crippen molar-refractivity contribution in [1.82, 2.24) is 0 Å². The minimum atomic E-state index is -1.58. The van der Waals surface area contributed by atoms with Crippen LogP contribution in [0.1, 0.15) is 12.8 Å². The molecule has 0 heterocycles. The van der Waals surface area contributed by atoms with Crippen molar-refractivity contribution < 1.29 is 30.0 Å². The molecular weight excluding hydrogens is 204 g/mol. The Kier molecular flexibility index (Phi) is 10.7. The Labute approximate surface area is 87.8 Å². The molecule has 77 valence electrons. The van der Waals surface area contributed by atoms with Crippen LogP contribution in [-0.4, -0.2) is 27.4 Å². The molecule has 0 aliphatic carbocycles. The molecule has 0 N–H and O–H groups in total. The summed E-state index contributed by atoms with van der Waals surface area (Å²) in [6.07, 6.45) is 3.98. The second-order valence-corrected chi connectivity index (χ2v) is 5.82. The fourth-order valence-corrected chi connectivity index (χ4v) is 2.67. The van der Waals surface area contributed by atoms with E-state index in [0.29, 0.717) is 6.61 Å². The molecule has 0 aromatic carbocycles. The van der Waals surface area contributed by atoms with Crippen molar-refractivity contribution in [3.8, 4) is 0 Å². The monoisotopic (exact) mass is 223 g/mol. The van der Waals surface area contributed by atoms with E-state index in [1.165, 1.54) is 0 Å². The molecule has 0 rings (SSSR count). The number of hydrogen-bond donors (Lipinski definition) is 0. The summed E-state index contributed by atoms with van der Waals surface area (Å²) >= 11 is -1.58. The van der Waals surface area contributed by atoms with Gasteiger partial charge in [0.2, 0.25) is 0 Å². The van der Waals surface area contributed by atoms with Crippen molar-refractivity contribution in [2.24, 2.45) is 0 Å². The van der Waals surface area contributed by atoms with Crippen LogP contribution in [0.3, 0.4) is 0 Å². The van der Waals surface area contributed by atoms with E-state index in [1.807, 2.05) is 0 Å². The van der Waals surface area contributed by atoms with Gasteiger partial charge in [0, 0.05) is 0 Å². The first-order chi connectivity index (χ1) is 6.35. The van der Waals surface area contributed by atoms with E-state index in [0.717, 1.165) is 24.2 Å². The summed E-state index contributed by atoms with van der Waals surface area (Å²) in [5.74, 6) is 0. The molecule has 0 radical (unpaired) electrons. The standard InChI is InChI=1S/C7H13O.2CH3O.Ti/c1-3-5-7-8-6-4-2;2*1-2;/h4H,1-3,5-7H2;2*1H3;/q;2*-1;+2. The molecule has 0 spiro atoms. The first kappa shape index (κ1) is 13.3. The third-order valence-corrected chi connectivity index (χ3v) is 4.22. The van der Waals surface area contributed by atoms with Gasteiger partial charge in [0.25, 0.3) is 0 Å². The Morgan fingerprint density at radius 2 is 1.92 bits per heavy atom. The summed E-state index contributed by atoms with van der Waals surface area (Å²) in [4.78, 5) is 0. The third-order valence-electron chi connectivity index (χ3n) is 1.61. The van der Waals surface area contributed by atoms with Gasteiger partial charge in [-0.2, -0.15) is 0 Å². The van der Waals surface area contributed by atoms with Crippen molar-refractivity contribution in [2.45, 2.75) is 17.6 Å². The summed E-state index contributed by atoms with van der Waals surface area (Å²) in [6, 6.07) is 0. The van der Waals surface area contributed by atoms with E-state index in [9.17, 15) is 0 Å². The summed E-state index contributed by atoms with van der Waals surface area (Å²) in [5, 5.41) is 0. The maximum absolute atomic E-state index is 5.25. The summed E-state index contributed by atoms with van der Waals surface area (Å²) in [7, 11) is 3.46. The van der Waals surface area contributed by atoms with Gasteiger partial charge in [-0.05, 0) is 0 Å². The van der Waals surface area contributed by atoms with E-state index >= 15 is 0 Å². The fourth-order valence-electron chi connectivity index (χ4n) is 0.928. The van der Waals surface area contributed by atoms with Crippen molar-refractivity contribution in [3.63, 3.8) is 0 Å². The van der Waals surface area contributed by atoms with Crippen LogP contribution in [0.2, 0.25) is 4.73 Å². The second kappa shape index (κ2) is 10.4. The predicted octanol–water partition coefficient (Wildman–Crippen LogP) is 2.13. The SMILES string of the molecule is C=CCOCCC[CH2][Ti]([O]C)[O]C. The summed E-state index contributed by atoms with van der Waals surface area (Å²) < 4.78 is 16.8. The quantitative estimate of drug-likeness (QED) is 0.340. The van der Waals surface area contributed by atoms with Gasteiger partial charge in [-0.15, -0.1) is 0 Å². The predicted molar refractivity (Wildman–Crippen MR) is 49.1 cm³/mol. The maximum atomic E-state index is 5.25. The minimum absolute atomic E-state index is 0.650. The van der Waals surface area contributed by atoms with Crippen molar-refractivity contribution in [1.29, 1.82) is 0 Å². The molecule has 3 nitrogen and oxygen atoms in total. The molecule has 0 amide bonds. The molecule has 13 heavy (non-hydrogen) atoms. The number of hydrogen-bond acceptors (Lipinski definition) is 3. The summed E-state index contributed by atoms with van der Waals surface area (Å²) in [6.45, 7) is 5.04. The van der Waals surface area contributed by atoms with E-state index in [1.54, 1.807) is 20.3 Å². The molecule has 0 fully saturated rings. The van der Waals surface area contributed by atoms with Gasteiger partial charge in [0.05, 0.1) is 0 Å². The molecule has 0 bridgehead atoms. The van der Waals surface area contributed by atoms with Crippen molar-refractivity contribution >= 4 is 0 Å². The number of unbranched alkanes of at least 4 members (excludes halogenated alkanes) is 1.